The van der Waals surface area contributed by atoms with E-state index in [1.54, 1.807) is 0 Å². The van der Waals surface area contributed by atoms with Crippen molar-refractivity contribution in [2.24, 2.45) is 0 Å². The first-order chi connectivity index (χ1) is 9.19. The van der Waals surface area contributed by atoms with Gasteiger partial charge in [0.1, 0.15) is 0 Å². The molecular formula is C16H25BrClN. The summed E-state index contributed by atoms with van der Waals surface area (Å²) in [5.41, 5.74) is 1.30. The highest BCUT2D eigenvalue weighted by Gasteiger charge is 2.11. The maximum atomic E-state index is 6.20. The van der Waals surface area contributed by atoms with Crippen LogP contribution in [0.25, 0.3) is 0 Å². The van der Waals surface area contributed by atoms with Gasteiger partial charge in [-0.2, -0.15) is 0 Å². The molecule has 0 saturated carbocycles. The van der Waals surface area contributed by atoms with Crippen molar-refractivity contribution in [1.82, 2.24) is 5.32 Å². The summed E-state index contributed by atoms with van der Waals surface area (Å²) in [6.07, 6.45) is 7.58. The maximum Gasteiger partial charge on any atom is 0.0551 e. The molecule has 0 aliphatic rings. The van der Waals surface area contributed by atoms with Gasteiger partial charge in [-0.15, -0.1) is 0 Å². The summed E-state index contributed by atoms with van der Waals surface area (Å²) < 4.78 is 0.971. The van der Waals surface area contributed by atoms with Crippen molar-refractivity contribution in [3.8, 4) is 0 Å². The normalized spacial score (nSPS) is 12.6. The fourth-order valence-corrected chi connectivity index (χ4v) is 2.65. The number of unbranched alkanes of at least 4 members (excludes halogenated alkanes) is 3. The molecule has 1 rings (SSSR count). The summed E-state index contributed by atoms with van der Waals surface area (Å²) in [5.74, 6) is 0. The van der Waals surface area contributed by atoms with Gasteiger partial charge in [0.25, 0.3) is 0 Å². The Morgan fingerprint density at radius 3 is 2.58 bits per heavy atom. The Hall–Kier alpha value is -0.0500. The van der Waals surface area contributed by atoms with Gasteiger partial charge in [-0.3, -0.25) is 0 Å². The van der Waals surface area contributed by atoms with Crippen LogP contribution in [0.15, 0.2) is 22.7 Å². The Bertz CT molecular complexity index is 368. The van der Waals surface area contributed by atoms with E-state index < -0.39 is 0 Å². The summed E-state index contributed by atoms with van der Waals surface area (Å²) in [7, 11) is 0. The zero-order chi connectivity index (χ0) is 14.1. The third-order valence-corrected chi connectivity index (χ3v) is 4.57. The summed E-state index contributed by atoms with van der Waals surface area (Å²) in [5, 5.41) is 4.44. The van der Waals surface area contributed by atoms with E-state index in [1.165, 1.54) is 37.7 Å². The molecule has 0 spiro atoms. The van der Waals surface area contributed by atoms with Crippen LogP contribution in [0.1, 0.15) is 64.0 Å². The summed E-state index contributed by atoms with van der Waals surface area (Å²) in [4.78, 5) is 0. The van der Waals surface area contributed by atoms with E-state index in [1.807, 2.05) is 6.07 Å². The lowest BCUT2D eigenvalue weighted by atomic mass is 10.00. The second-order valence-corrected chi connectivity index (χ2v) is 6.29. The number of rotatable bonds is 9. The molecule has 0 radical (unpaired) electrons. The van der Waals surface area contributed by atoms with Gasteiger partial charge in [-0.25, -0.2) is 0 Å². The van der Waals surface area contributed by atoms with Crippen molar-refractivity contribution < 1.29 is 0 Å². The smallest absolute Gasteiger partial charge is 0.0551 e. The SMILES string of the molecule is CCCCCCC(NCCC)c1ccc(Br)c(Cl)c1. The molecule has 3 heteroatoms. The molecule has 1 atom stereocenters. The molecule has 0 saturated heterocycles. The van der Waals surface area contributed by atoms with E-state index in [2.05, 4.69) is 47.2 Å². The minimum Gasteiger partial charge on any atom is -0.310 e. The average Bonchev–Trinajstić information content (AvgIpc) is 2.41. The number of hydrogen-bond donors (Lipinski definition) is 1. The van der Waals surface area contributed by atoms with Crippen molar-refractivity contribution in [3.63, 3.8) is 0 Å². The first kappa shape index (κ1) is 17.0. The van der Waals surface area contributed by atoms with E-state index in [9.17, 15) is 0 Å². The molecule has 0 heterocycles. The number of hydrogen-bond acceptors (Lipinski definition) is 1. The third-order valence-electron chi connectivity index (χ3n) is 3.33. The lowest BCUT2D eigenvalue weighted by molar-refractivity contribution is 0.470. The molecule has 0 fully saturated rings. The molecule has 1 nitrogen and oxygen atoms in total. The lowest BCUT2D eigenvalue weighted by Gasteiger charge is -2.19. The Morgan fingerprint density at radius 1 is 1.16 bits per heavy atom. The fraction of sp³-hybridized carbons (Fsp3) is 0.625. The molecule has 0 aliphatic carbocycles. The monoisotopic (exact) mass is 345 g/mol. The van der Waals surface area contributed by atoms with Gasteiger partial charge in [0.2, 0.25) is 0 Å². The van der Waals surface area contributed by atoms with Crippen LogP contribution in [0.4, 0.5) is 0 Å². The molecule has 1 aromatic rings. The number of benzene rings is 1. The summed E-state index contributed by atoms with van der Waals surface area (Å²) >= 11 is 9.65. The highest BCUT2D eigenvalue weighted by atomic mass is 79.9. The standard InChI is InChI=1S/C16H25BrClN/c1-3-5-6-7-8-16(19-11-4-2)13-9-10-14(17)15(18)12-13/h9-10,12,16,19H,3-8,11H2,1-2H3. The van der Waals surface area contributed by atoms with Crippen LogP contribution in [0.3, 0.4) is 0 Å². The first-order valence-electron chi connectivity index (χ1n) is 7.37. The zero-order valence-electron chi connectivity index (χ0n) is 12.0. The Balaban J connectivity index is 2.63. The highest BCUT2D eigenvalue weighted by molar-refractivity contribution is 9.10. The second-order valence-electron chi connectivity index (χ2n) is 5.03. The van der Waals surface area contributed by atoms with Crippen LogP contribution in [0, 0.1) is 0 Å². The van der Waals surface area contributed by atoms with Crippen LogP contribution >= 0.6 is 27.5 Å². The van der Waals surface area contributed by atoms with Gasteiger partial charge < -0.3 is 5.32 Å². The molecule has 0 aromatic heterocycles. The van der Waals surface area contributed by atoms with Gasteiger partial charge in [0.15, 0.2) is 0 Å². The maximum absolute atomic E-state index is 6.20. The molecule has 1 aromatic carbocycles. The predicted molar refractivity (Wildman–Crippen MR) is 88.9 cm³/mol. The van der Waals surface area contributed by atoms with Crippen LogP contribution in [0.5, 0.6) is 0 Å². The van der Waals surface area contributed by atoms with Gasteiger partial charge in [-0.1, -0.05) is 57.2 Å². The van der Waals surface area contributed by atoms with Gasteiger partial charge >= 0.3 is 0 Å². The van der Waals surface area contributed by atoms with Crippen molar-refractivity contribution in [2.45, 2.75) is 58.4 Å². The molecule has 1 N–H and O–H groups in total. The largest absolute Gasteiger partial charge is 0.310 e. The molecule has 0 bridgehead atoms. The first-order valence-corrected chi connectivity index (χ1v) is 8.54. The second kappa shape index (κ2) is 9.79. The van der Waals surface area contributed by atoms with Crippen LogP contribution in [0.2, 0.25) is 5.02 Å². The third kappa shape index (κ3) is 6.29. The van der Waals surface area contributed by atoms with Crippen molar-refractivity contribution in [3.05, 3.63) is 33.3 Å². The van der Waals surface area contributed by atoms with Gasteiger partial charge in [0, 0.05) is 10.5 Å². The number of halogens is 2. The van der Waals surface area contributed by atoms with E-state index in [0.717, 1.165) is 22.5 Å². The van der Waals surface area contributed by atoms with Crippen LogP contribution in [-0.2, 0) is 0 Å². The molecule has 19 heavy (non-hydrogen) atoms. The topological polar surface area (TPSA) is 12.0 Å². The van der Waals surface area contributed by atoms with E-state index in [0.29, 0.717) is 6.04 Å². The average molecular weight is 347 g/mol. The molecule has 0 aliphatic heterocycles. The minimum atomic E-state index is 0.433. The van der Waals surface area contributed by atoms with Crippen LogP contribution < -0.4 is 5.32 Å². The summed E-state index contributed by atoms with van der Waals surface area (Å²) in [6, 6.07) is 6.73. The number of nitrogens with one attached hydrogen (secondary N) is 1. The van der Waals surface area contributed by atoms with Crippen LogP contribution in [-0.4, -0.2) is 6.54 Å². The van der Waals surface area contributed by atoms with Crippen molar-refractivity contribution in [1.29, 1.82) is 0 Å². The van der Waals surface area contributed by atoms with E-state index in [4.69, 9.17) is 11.6 Å². The van der Waals surface area contributed by atoms with Gasteiger partial charge in [-0.05, 0) is 53.0 Å². The Morgan fingerprint density at radius 2 is 1.95 bits per heavy atom. The highest BCUT2D eigenvalue weighted by Crippen LogP contribution is 2.28. The fourth-order valence-electron chi connectivity index (χ4n) is 2.21. The predicted octanol–water partition coefficient (Wildman–Crippen LogP) is 6.11. The zero-order valence-corrected chi connectivity index (χ0v) is 14.4. The van der Waals surface area contributed by atoms with Gasteiger partial charge in [0.05, 0.1) is 5.02 Å². The van der Waals surface area contributed by atoms with Crippen molar-refractivity contribution >= 4 is 27.5 Å². The Labute approximate surface area is 131 Å². The minimum absolute atomic E-state index is 0.433. The summed E-state index contributed by atoms with van der Waals surface area (Å²) in [6.45, 7) is 5.52. The molecule has 0 amide bonds. The van der Waals surface area contributed by atoms with E-state index in [-0.39, 0.29) is 0 Å². The molecule has 108 valence electrons. The quantitative estimate of drug-likeness (QED) is 0.532. The lowest BCUT2D eigenvalue weighted by Crippen LogP contribution is -2.22. The molecule has 1 unspecified atom stereocenters. The van der Waals surface area contributed by atoms with E-state index >= 15 is 0 Å². The molecular weight excluding hydrogens is 322 g/mol. The van der Waals surface area contributed by atoms with Crippen molar-refractivity contribution in [2.75, 3.05) is 6.54 Å². The Kier molecular flexibility index (Phi) is 8.76.